The fourth-order valence-corrected chi connectivity index (χ4v) is 2.74. The molecule has 1 aliphatic rings. The van der Waals surface area contributed by atoms with Gasteiger partial charge in [-0.1, -0.05) is 25.5 Å². The highest BCUT2D eigenvalue weighted by Gasteiger charge is 2.43. The molecule has 0 spiro atoms. The summed E-state index contributed by atoms with van der Waals surface area (Å²) in [6, 6.07) is 6.88. The summed E-state index contributed by atoms with van der Waals surface area (Å²) in [7, 11) is 0. The van der Waals surface area contributed by atoms with Crippen molar-refractivity contribution in [2.24, 2.45) is 0 Å². The molecule has 2 N–H and O–H groups in total. The zero-order valence-electron chi connectivity index (χ0n) is 12.5. The first-order valence-electron chi connectivity index (χ1n) is 7.31. The topological polar surface area (TPSA) is 52.6 Å². The molecule has 0 unspecified atom stereocenters. The Kier molecular flexibility index (Phi) is 4.33. The van der Waals surface area contributed by atoms with E-state index in [1.165, 1.54) is 0 Å². The Morgan fingerprint density at radius 2 is 1.95 bits per heavy atom. The van der Waals surface area contributed by atoms with E-state index in [9.17, 15) is 9.90 Å². The molecule has 1 aromatic carbocycles. The number of phenols is 1. The molecule has 1 amide bonds. The number of aromatic hydroxyl groups is 1. The van der Waals surface area contributed by atoms with E-state index in [0.29, 0.717) is 6.42 Å². The van der Waals surface area contributed by atoms with Crippen LogP contribution in [-0.4, -0.2) is 34.2 Å². The van der Waals surface area contributed by atoms with Crippen LogP contribution in [0.3, 0.4) is 0 Å². The summed E-state index contributed by atoms with van der Waals surface area (Å²) in [5, 5.41) is 12.7. The van der Waals surface area contributed by atoms with E-state index in [-0.39, 0.29) is 23.4 Å². The number of amides is 1. The van der Waals surface area contributed by atoms with Crippen LogP contribution in [0, 0.1) is 0 Å². The van der Waals surface area contributed by atoms with E-state index in [1.807, 2.05) is 17.0 Å². The fourth-order valence-electron chi connectivity index (χ4n) is 2.74. The minimum Gasteiger partial charge on any atom is -0.508 e. The highest BCUT2D eigenvalue weighted by molar-refractivity contribution is 5.85. The van der Waals surface area contributed by atoms with Gasteiger partial charge in [0.2, 0.25) is 5.91 Å². The zero-order valence-corrected chi connectivity index (χ0v) is 12.5. The highest BCUT2D eigenvalue weighted by atomic mass is 16.3. The van der Waals surface area contributed by atoms with Gasteiger partial charge in [-0.3, -0.25) is 10.1 Å². The molecular weight excluding hydrogens is 252 g/mol. The van der Waals surface area contributed by atoms with Gasteiger partial charge in [-0.2, -0.15) is 0 Å². The number of nitrogens with one attached hydrogen (secondary N) is 1. The smallest absolute Gasteiger partial charge is 0.241 e. The van der Waals surface area contributed by atoms with Crippen molar-refractivity contribution in [1.82, 2.24) is 10.2 Å². The lowest BCUT2D eigenvalue weighted by atomic mass is 10.1. The van der Waals surface area contributed by atoms with Crippen molar-refractivity contribution in [1.29, 1.82) is 0 Å². The number of carbonyl (C=O) groups is 1. The van der Waals surface area contributed by atoms with Gasteiger partial charge in [0.1, 0.15) is 5.75 Å². The Hall–Kier alpha value is -1.55. The standard InChI is InChI=1S/C16H24N2O2/c1-4-5-10-18-15(20)14(17-16(18,2)3)11-12-6-8-13(19)9-7-12/h6-9,14,17,19H,4-5,10-11H2,1-3H3/t14-/m0/s1. The molecule has 0 saturated carbocycles. The van der Waals surface area contributed by atoms with Crippen molar-refractivity contribution >= 4 is 5.91 Å². The van der Waals surface area contributed by atoms with Gasteiger partial charge in [0.15, 0.2) is 0 Å². The summed E-state index contributed by atoms with van der Waals surface area (Å²) < 4.78 is 0. The minimum absolute atomic E-state index is 0.175. The summed E-state index contributed by atoms with van der Waals surface area (Å²) >= 11 is 0. The molecule has 0 radical (unpaired) electrons. The first kappa shape index (κ1) is 14.9. The van der Waals surface area contributed by atoms with Gasteiger partial charge in [0, 0.05) is 6.54 Å². The van der Waals surface area contributed by atoms with Gasteiger partial charge < -0.3 is 10.0 Å². The molecule has 20 heavy (non-hydrogen) atoms. The van der Waals surface area contributed by atoms with Crippen molar-refractivity contribution in [3.8, 4) is 5.75 Å². The van der Waals surface area contributed by atoms with Gasteiger partial charge >= 0.3 is 0 Å². The van der Waals surface area contributed by atoms with E-state index in [1.54, 1.807) is 12.1 Å². The summed E-state index contributed by atoms with van der Waals surface area (Å²) in [5.74, 6) is 0.431. The lowest BCUT2D eigenvalue weighted by Crippen LogP contribution is -2.47. The molecular formula is C16H24N2O2. The van der Waals surface area contributed by atoms with Crippen LogP contribution >= 0.6 is 0 Å². The average molecular weight is 276 g/mol. The van der Waals surface area contributed by atoms with Crippen molar-refractivity contribution < 1.29 is 9.90 Å². The maximum atomic E-state index is 12.5. The van der Waals surface area contributed by atoms with E-state index in [0.717, 1.165) is 24.9 Å². The number of phenolic OH excluding ortho intramolecular Hbond substituents is 1. The lowest BCUT2D eigenvalue weighted by Gasteiger charge is -2.31. The maximum Gasteiger partial charge on any atom is 0.241 e. The second kappa shape index (κ2) is 5.83. The van der Waals surface area contributed by atoms with Crippen LogP contribution in [0.4, 0.5) is 0 Å². The van der Waals surface area contributed by atoms with Gasteiger partial charge in [-0.15, -0.1) is 0 Å². The minimum atomic E-state index is -0.284. The molecule has 2 rings (SSSR count). The second-order valence-electron chi connectivity index (χ2n) is 5.97. The molecule has 1 aliphatic heterocycles. The number of unbranched alkanes of at least 4 members (excludes halogenated alkanes) is 1. The van der Waals surface area contributed by atoms with E-state index < -0.39 is 0 Å². The van der Waals surface area contributed by atoms with Crippen LogP contribution in [0.25, 0.3) is 0 Å². The van der Waals surface area contributed by atoms with Crippen LogP contribution in [0.15, 0.2) is 24.3 Å². The Balaban J connectivity index is 2.06. The Bertz CT molecular complexity index is 468. The lowest BCUT2D eigenvalue weighted by molar-refractivity contribution is -0.131. The van der Waals surface area contributed by atoms with E-state index >= 15 is 0 Å². The zero-order chi connectivity index (χ0) is 14.8. The maximum absolute atomic E-state index is 12.5. The van der Waals surface area contributed by atoms with Gasteiger partial charge in [0.25, 0.3) is 0 Å². The third-order valence-corrected chi connectivity index (χ3v) is 3.88. The first-order valence-corrected chi connectivity index (χ1v) is 7.31. The van der Waals surface area contributed by atoms with Crippen LogP contribution in [0.1, 0.15) is 39.2 Å². The SMILES string of the molecule is CCCCN1C(=O)[C@H](Cc2ccc(O)cc2)NC1(C)C. The molecule has 4 nitrogen and oxygen atoms in total. The second-order valence-corrected chi connectivity index (χ2v) is 5.97. The third kappa shape index (κ3) is 3.12. The Morgan fingerprint density at radius 3 is 2.55 bits per heavy atom. The van der Waals surface area contributed by atoms with E-state index in [4.69, 9.17) is 0 Å². The number of carbonyl (C=O) groups excluding carboxylic acids is 1. The number of benzene rings is 1. The molecule has 1 saturated heterocycles. The molecule has 1 atom stereocenters. The number of rotatable bonds is 5. The molecule has 1 fully saturated rings. The highest BCUT2D eigenvalue weighted by Crippen LogP contribution is 2.24. The van der Waals surface area contributed by atoms with Gasteiger partial charge in [-0.05, 0) is 44.4 Å². The van der Waals surface area contributed by atoms with Crippen LogP contribution in [0.2, 0.25) is 0 Å². The van der Waals surface area contributed by atoms with Gasteiger partial charge in [0.05, 0.1) is 11.7 Å². The molecule has 4 heteroatoms. The number of hydrogen-bond donors (Lipinski definition) is 2. The number of nitrogens with zero attached hydrogens (tertiary/aromatic N) is 1. The largest absolute Gasteiger partial charge is 0.508 e. The summed E-state index contributed by atoms with van der Waals surface area (Å²) in [6.45, 7) is 7.05. The normalized spacial score (nSPS) is 21.4. The molecule has 0 bridgehead atoms. The molecule has 1 aromatic rings. The number of hydrogen-bond acceptors (Lipinski definition) is 3. The first-order chi connectivity index (χ1) is 9.44. The van der Waals surface area contributed by atoms with Crippen LogP contribution in [0.5, 0.6) is 5.75 Å². The van der Waals surface area contributed by atoms with Crippen molar-refractivity contribution in [3.63, 3.8) is 0 Å². The predicted octanol–water partition coefficient (Wildman–Crippen LogP) is 2.27. The van der Waals surface area contributed by atoms with E-state index in [2.05, 4.69) is 26.1 Å². The van der Waals surface area contributed by atoms with Crippen LogP contribution in [-0.2, 0) is 11.2 Å². The molecule has 1 heterocycles. The summed E-state index contributed by atoms with van der Waals surface area (Å²) in [4.78, 5) is 14.5. The fraction of sp³-hybridized carbons (Fsp3) is 0.562. The Labute approximate surface area is 120 Å². The van der Waals surface area contributed by atoms with Crippen molar-refractivity contribution in [2.45, 2.75) is 51.7 Å². The predicted molar refractivity (Wildman–Crippen MR) is 79.4 cm³/mol. The Morgan fingerprint density at radius 1 is 1.30 bits per heavy atom. The summed E-state index contributed by atoms with van der Waals surface area (Å²) in [5.41, 5.74) is 0.773. The molecule has 0 aliphatic carbocycles. The van der Waals surface area contributed by atoms with Crippen LogP contribution < -0.4 is 5.32 Å². The van der Waals surface area contributed by atoms with Crippen molar-refractivity contribution in [2.75, 3.05) is 6.54 Å². The van der Waals surface area contributed by atoms with Crippen molar-refractivity contribution in [3.05, 3.63) is 29.8 Å². The molecule has 110 valence electrons. The average Bonchev–Trinajstić information content (AvgIpc) is 2.60. The summed E-state index contributed by atoms with van der Waals surface area (Å²) in [6.07, 6.45) is 2.77. The van der Waals surface area contributed by atoms with Gasteiger partial charge in [-0.25, -0.2) is 0 Å². The monoisotopic (exact) mass is 276 g/mol. The third-order valence-electron chi connectivity index (χ3n) is 3.88. The molecule has 0 aromatic heterocycles. The quantitative estimate of drug-likeness (QED) is 0.867.